The molecule has 0 aliphatic rings. The van der Waals surface area contributed by atoms with E-state index in [1.807, 2.05) is 13.8 Å². The SMILES string of the molecule is C#CCN(CCC)S(=O)(=O)c1cc(CO)c(C)cc1C. The van der Waals surface area contributed by atoms with E-state index in [1.165, 1.54) is 4.31 Å². The Morgan fingerprint density at radius 1 is 1.30 bits per heavy atom. The van der Waals surface area contributed by atoms with Crippen molar-refractivity contribution in [2.24, 2.45) is 0 Å². The van der Waals surface area contributed by atoms with Crippen molar-refractivity contribution in [1.82, 2.24) is 4.31 Å². The highest BCUT2D eigenvalue weighted by Crippen LogP contribution is 2.24. The minimum atomic E-state index is -3.63. The van der Waals surface area contributed by atoms with Crippen molar-refractivity contribution in [2.45, 2.75) is 38.7 Å². The molecular weight excluding hydrogens is 274 g/mol. The van der Waals surface area contributed by atoms with Gasteiger partial charge in [-0.3, -0.25) is 0 Å². The second-order valence-electron chi connectivity index (χ2n) is 4.75. The van der Waals surface area contributed by atoms with E-state index < -0.39 is 10.0 Å². The van der Waals surface area contributed by atoms with Gasteiger partial charge in [-0.15, -0.1) is 6.42 Å². The fraction of sp³-hybridized carbons (Fsp3) is 0.467. The summed E-state index contributed by atoms with van der Waals surface area (Å²) in [5, 5.41) is 9.30. The number of aryl methyl sites for hydroxylation is 2. The minimum absolute atomic E-state index is 0.0535. The van der Waals surface area contributed by atoms with Gasteiger partial charge in [0.05, 0.1) is 18.0 Å². The van der Waals surface area contributed by atoms with Gasteiger partial charge in [-0.1, -0.05) is 18.9 Å². The number of benzene rings is 1. The normalized spacial score (nSPS) is 11.6. The Labute approximate surface area is 121 Å². The molecule has 0 heterocycles. The summed E-state index contributed by atoms with van der Waals surface area (Å²) in [6.07, 6.45) is 5.95. The molecule has 110 valence electrons. The maximum atomic E-state index is 12.7. The molecule has 1 rings (SSSR count). The number of hydrogen-bond donors (Lipinski definition) is 1. The third-order valence-electron chi connectivity index (χ3n) is 3.16. The Hall–Kier alpha value is -1.35. The summed E-state index contributed by atoms with van der Waals surface area (Å²) in [4.78, 5) is 0.218. The lowest BCUT2D eigenvalue weighted by Crippen LogP contribution is -2.32. The highest BCUT2D eigenvalue weighted by molar-refractivity contribution is 7.89. The summed E-state index contributed by atoms with van der Waals surface area (Å²) in [7, 11) is -3.63. The molecule has 0 spiro atoms. The zero-order valence-electron chi connectivity index (χ0n) is 12.2. The van der Waals surface area contributed by atoms with Gasteiger partial charge in [0.1, 0.15) is 0 Å². The second-order valence-corrected chi connectivity index (χ2v) is 6.65. The van der Waals surface area contributed by atoms with Gasteiger partial charge in [0, 0.05) is 6.54 Å². The summed E-state index contributed by atoms with van der Waals surface area (Å²) < 4.78 is 26.6. The standard InChI is InChI=1S/C15H21NO3S/c1-5-7-16(8-6-2)20(18,19)15-10-14(11-17)12(3)9-13(15)4/h1,9-10,17H,6-8,11H2,2-4H3. The predicted octanol–water partition coefficient (Wildman–Crippen LogP) is 1.83. The van der Waals surface area contributed by atoms with E-state index in [4.69, 9.17) is 6.42 Å². The molecule has 0 saturated carbocycles. The van der Waals surface area contributed by atoms with Crippen molar-refractivity contribution >= 4 is 10.0 Å². The summed E-state index contributed by atoms with van der Waals surface area (Å²) >= 11 is 0. The van der Waals surface area contributed by atoms with Crippen molar-refractivity contribution in [1.29, 1.82) is 0 Å². The molecule has 0 unspecified atom stereocenters. The van der Waals surface area contributed by atoms with Crippen molar-refractivity contribution in [3.63, 3.8) is 0 Å². The third-order valence-corrected chi connectivity index (χ3v) is 5.15. The van der Waals surface area contributed by atoms with Gasteiger partial charge in [-0.05, 0) is 43.0 Å². The molecule has 4 nitrogen and oxygen atoms in total. The average Bonchev–Trinajstić information content (AvgIpc) is 2.38. The Morgan fingerprint density at radius 2 is 1.95 bits per heavy atom. The molecule has 0 aromatic heterocycles. The summed E-state index contributed by atoms with van der Waals surface area (Å²) in [6, 6.07) is 3.32. The summed E-state index contributed by atoms with van der Waals surface area (Å²) in [6.45, 7) is 5.76. The molecule has 5 heteroatoms. The van der Waals surface area contributed by atoms with Crippen molar-refractivity contribution < 1.29 is 13.5 Å². The maximum Gasteiger partial charge on any atom is 0.244 e. The molecule has 0 radical (unpaired) electrons. The molecule has 0 amide bonds. The minimum Gasteiger partial charge on any atom is -0.392 e. The molecule has 20 heavy (non-hydrogen) atoms. The first-order valence-corrected chi connectivity index (χ1v) is 7.97. The Bertz CT molecular complexity index is 615. The number of aliphatic hydroxyl groups is 1. The van der Waals surface area contributed by atoms with Crippen LogP contribution in [0.4, 0.5) is 0 Å². The predicted molar refractivity (Wildman–Crippen MR) is 79.7 cm³/mol. The number of nitrogens with zero attached hydrogens (tertiary/aromatic N) is 1. The molecule has 0 fully saturated rings. The first kappa shape index (κ1) is 16.7. The number of sulfonamides is 1. The molecule has 0 aliphatic carbocycles. The zero-order valence-corrected chi connectivity index (χ0v) is 13.0. The van der Waals surface area contributed by atoms with Gasteiger partial charge in [-0.2, -0.15) is 4.31 Å². The van der Waals surface area contributed by atoms with Crippen LogP contribution in [0.2, 0.25) is 0 Å². The van der Waals surface area contributed by atoms with Crippen LogP contribution in [0.5, 0.6) is 0 Å². The number of aliphatic hydroxyl groups excluding tert-OH is 1. The van der Waals surface area contributed by atoms with Gasteiger partial charge in [0.2, 0.25) is 10.0 Å². The van der Waals surface area contributed by atoms with Crippen molar-refractivity contribution in [3.8, 4) is 12.3 Å². The van der Waals surface area contributed by atoms with E-state index in [-0.39, 0.29) is 18.0 Å². The van der Waals surface area contributed by atoms with Crippen LogP contribution in [-0.4, -0.2) is 30.9 Å². The van der Waals surface area contributed by atoms with Crippen LogP contribution in [0, 0.1) is 26.2 Å². The van der Waals surface area contributed by atoms with E-state index >= 15 is 0 Å². The smallest absolute Gasteiger partial charge is 0.244 e. The quantitative estimate of drug-likeness (QED) is 0.815. The monoisotopic (exact) mass is 295 g/mol. The average molecular weight is 295 g/mol. The summed E-state index contributed by atoms with van der Waals surface area (Å²) in [5.74, 6) is 2.39. The zero-order chi connectivity index (χ0) is 15.3. The molecule has 1 N–H and O–H groups in total. The van der Waals surface area contributed by atoms with Crippen LogP contribution >= 0.6 is 0 Å². The van der Waals surface area contributed by atoms with E-state index in [2.05, 4.69) is 5.92 Å². The largest absolute Gasteiger partial charge is 0.392 e. The van der Waals surface area contributed by atoms with Crippen LogP contribution in [0.3, 0.4) is 0 Å². The third kappa shape index (κ3) is 3.40. The van der Waals surface area contributed by atoms with E-state index in [0.717, 1.165) is 5.56 Å². The Morgan fingerprint density at radius 3 is 2.45 bits per heavy atom. The molecule has 0 saturated heterocycles. The van der Waals surface area contributed by atoms with Gasteiger partial charge in [-0.25, -0.2) is 8.42 Å². The lowest BCUT2D eigenvalue weighted by molar-refractivity contribution is 0.280. The van der Waals surface area contributed by atoms with Crippen molar-refractivity contribution in [3.05, 3.63) is 28.8 Å². The molecule has 1 aromatic rings. The van der Waals surface area contributed by atoms with Crippen LogP contribution in [0.25, 0.3) is 0 Å². The van der Waals surface area contributed by atoms with Gasteiger partial charge in [0.25, 0.3) is 0 Å². The number of rotatable bonds is 6. The number of hydrogen-bond acceptors (Lipinski definition) is 3. The first-order chi connectivity index (χ1) is 9.38. The maximum absolute atomic E-state index is 12.7. The molecule has 1 aromatic carbocycles. The Kier molecular flexibility index (Phi) is 5.75. The highest BCUT2D eigenvalue weighted by atomic mass is 32.2. The van der Waals surface area contributed by atoms with E-state index in [1.54, 1.807) is 19.1 Å². The fourth-order valence-electron chi connectivity index (χ4n) is 2.10. The van der Waals surface area contributed by atoms with E-state index in [9.17, 15) is 13.5 Å². The van der Waals surface area contributed by atoms with Gasteiger partial charge >= 0.3 is 0 Å². The highest BCUT2D eigenvalue weighted by Gasteiger charge is 2.25. The molecule has 0 aliphatic heterocycles. The molecule has 0 bridgehead atoms. The lowest BCUT2D eigenvalue weighted by atomic mass is 10.1. The van der Waals surface area contributed by atoms with Crippen LogP contribution in [0.1, 0.15) is 30.0 Å². The lowest BCUT2D eigenvalue weighted by Gasteiger charge is -2.21. The number of terminal acetylenes is 1. The summed E-state index contributed by atoms with van der Waals surface area (Å²) in [5.41, 5.74) is 2.16. The fourth-order valence-corrected chi connectivity index (χ4v) is 3.80. The first-order valence-electron chi connectivity index (χ1n) is 6.53. The van der Waals surface area contributed by atoms with Crippen LogP contribution in [-0.2, 0) is 16.6 Å². The Balaban J connectivity index is 3.37. The van der Waals surface area contributed by atoms with Crippen LogP contribution < -0.4 is 0 Å². The molecular formula is C15H21NO3S. The van der Waals surface area contributed by atoms with Crippen molar-refractivity contribution in [2.75, 3.05) is 13.1 Å². The van der Waals surface area contributed by atoms with Gasteiger partial charge in [0.15, 0.2) is 0 Å². The van der Waals surface area contributed by atoms with Crippen LogP contribution in [0.15, 0.2) is 17.0 Å². The second kappa shape index (κ2) is 6.89. The molecule has 0 atom stereocenters. The van der Waals surface area contributed by atoms with E-state index in [0.29, 0.717) is 24.1 Å². The van der Waals surface area contributed by atoms with Gasteiger partial charge < -0.3 is 5.11 Å². The topological polar surface area (TPSA) is 57.6 Å².